The van der Waals surface area contributed by atoms with Crippen LogP contribution < -0.4 is 11.1 Å². The number of hydrogen-bond acceptors (Lipinski definition) is 3. The molecule has 3 nitrogen and oxygen atoms in total. The van der Waals surface area contributed by atoms with Crippen molar-refractivity contribution in [1.29, 1.82) is 0 Å². The Balaban J connectivity index is 2.22. The molecule has 1 rings (SSSR count). The van der Waals surface area contributed by atoms with E-state index in [4.69, 9.17) is 5.73 Å². The fourth-order valence-corrected chi connectivity index (χ4v) is 2.38. The molecule has 0 fully saturated rings. The second kappa shape index (κ2) is 8.16. The van der Waals surface area contributed by atoms with Gasteiger partial charge in [-0.15, -0.1) is 0 Å². The third-order valence-electron chi connectivity index (χ3n) is 2.58. The molecule has 0 spiro atoms. The molecule has 18 heavy (non-hydrogen) atoms. The van der Waals surface area contributed by atoms with Gasteiger partial charge in [0.1, 0.15) is 0 Å². The van der Waals surface area contributed by atoms with Crippen molar-refractivity contribution in [3.8, 4) is 0 Å². The number of thioether (sulfide) groups is 1. The Morgan fingerprint density at radius 2 is 2.28 bits per heavy atom. The Morgan fingerprint density at radius 1 is 1.50 bits per heavy atom. The van der Waals surface area contributed by atoms with Crippen molar-refractivity contribution in [1.82, 2.24) is 0 Å². The van der Waals surface area contributed by atoms with Gasteiger partial charge in [-0.1, -0.05) is 19.1 Å². The quantitative estimate of drug-likeness (QED) is 0.746. The zero-order valence-corrected chi connectivity index (χ0v) is 11.9. The molecule has 0 heterocycles. The van der Waals surface area contributed by atoms with Crippen molar-refractivity contribution in [2.45, 2.75) is 31.9 Å². The summed E-state index contributed by atoms with van der Waals surface area (Å²) < 4.78 is 0. The van der Waals surface area contributed by atoms with E-state index in [9.17, 15) is 4.79 Å². The number of benzene rings is 1. The first-order valence-electron chi connectivity index (χ1n) is 6.30. The minimum atomic E-state index is 0.0848. The average molecular weight is 266 g/mol. The van der Waals surface area contributed by atoms with E-state index in [2.05, 4.69) is 12.2 Å². The van der Waals surface area contributed by atoms with Crippen LogP contribution in [0, 0.1) is 6.92 Å². The molecule has 0 radical (unpaired) electrons. The summed E-state index contributed by atoms with van der Waals surface area (Å²) in [5, 5.41) is 3.39. The summed E-state index contributed by atoms with van der Waals surface area (Å²) in [7, 11) is 0. The molecule has 4 heteroatoms. The molecule has 1 aromatic rings. The van der Waals surface area contributed by atoms with Gasteiger partial charge in [0.15, 0.2) is 0 Å². The van der Waals surface area contributed by atoms with E-state index in [0.29, 0.717) is 18.2 Å². The zero-order chi connectivity index (χ0) is 13.4. The van der Waals surface area contributed by atoms with Crippen LogP contribution in [0.5, 0.6) is 0 Å². The monoisotopic (exact) mass is 266 g/mol. The standard InChI is InChI=1S/C14H22N2OS/c1-11-5-3-6-13(9-11)16-14(17)7-4-8-18-12(2)10-15/h3,5-6,9,12H,4,7-8,10,15H2,1-2H3,(H,16,17). The van der Waals surface area contributed by atoms with Crippen LogP contribution in [0.1, 0.15) is 25.3 Å². The fraction of sp³-hybridized carbons (Fsp3) is 0.500. The third-order valence-corrected chi connectivity index (χ3v) is 3.87. The Labute approximate surface area is 114 Å². The molecular weight excluding hydrogens is 244 g/mol. The lowest BCUT2D eigenvalue weighted by Gasteiger charge is -2.08. The van der Waals surface area contributed by atoms with Crippen LogP contribution in [0.25, 0.3) is 0 Å². The van der Waals surface area contributed by atoms with Crippen molar-refractivity contribution in [3.05, 3.63) is 29.8 Å². The molecule has 0 aliphatic carbocycles. The SMILES string of the molecule is Cc1cccc(NC(=O)CCCSC(C)CN)c1. The molecule has 1 atom stereocenters. The zero-order valence-electron chi connectivity index (χ0n) is 11.1. The van der Waals surface area contributed by atoms with Crippen LogP contribution in [-0.4, -0.2) is 23.5 Å². The van der Waals surface area contributed by atoms with Gasteiger partial charge in [-0.2, -0.15) is 11.8 Å². The van der Waals surface area contributed by atoms with Crippen LogP contribution in [0.4, 0.5) is 5.69 Å². The highest BCUT2D eigenvalue weighted by molar-refractivity contribution is 7.99. The van der Waals surface area contributed by atoms with E-state index in [1.54, 1.807) is 0 Å². The molecule has 1 unspecified atom stereocenters. The van der Waals surface area contributed by atoms with E-state index in [1.165, 1.54) is 0 Å². The summed E-state index contributed by atoms with van der Waals surface area (Å²) in [5.41, 5.74) is 7.56. The van der Waals surface area contributed by atoms with Crippen molar-refractivity contribution >= 4 is 23.4 Å². The van der Waals surface area contributed by atoms with Crippen LogP contribution in [0.3, 0.4) is 0 Å². The van der Waals surface area contributed by atoms with Gasteiger partial charge in [0.05, 0.1) is 0 Å². The number of rotatable bonds is 7. The van der Waals surface area contributed by atoms with Crippen LogP contribution >= 0.6 is 11.8 Å². The van der Waals surface area contributed by atoms with Crippen molar-refractivity contribution in [3.63, 3.8) is 0 Å². The molecule has 1 aromatic carbocycles. The lowest BCUT2D eigenvalue weighted by atomic mass is 10.2. The van der Waals surface area contributed by atoms with E-state index in [-0.39, 0.29) is 5.91 Å². The number of aryl methyl sites for hydroxylation is 1. The molecule has 0 saturated carbocycles. The van der Waals surface area contributed by atoms with E-state index < -0.39 is 0 Å². The molecule has 0 aliphatic heterocycles. The maximum atomic E-state index is 11.7. The minimum Gasteiger partial charge on any atom is -0.329 e. The highest BCUT2D eigenvalue weighted by Crippen LogP contribution is 2.13. The molecule has 0 bridgehead atoms. The predicted octanol–water partition coefficient (Wildman–Crippen LogP) is 2.79. The summed E-state index contributed by atoms with van der Waals surface area (Å²) in [6.45, 7) is 4.82. The summed E-state index contributed by atoms with van der Waals surface area (Å²) in [4.78, 5) is 11.7. The molecule has 3 N–H and O–H groups in total. The second-order valence-corrected chi connectivity index (χ2v) is 5.98. The van der Waals surface area contributed by atoms with Gasteiger partial charge >= 0.3 is 0 Å². The van der Waals surface area contributed by atoms with Crippen LogP contribution in [-0.2, 0) is 4.79 Å². The van der Waals surface area contributed by atoms with E-state index in [1.807, 2.05) is 43.0 Å². The van der Waals surface area contributed by atoms with Crippen LogP contribution in [0.15, 0.2) is 24.3 Å². The Hall–Kier alpha value is -1.00. The summed E-state index contributed by atoms with van der Waals surface area (Å²) in [6, 6.07) is 7.85. The molecule has 100 valence electrons. The van der Waals surface area contributed by atoms with E-state index in [0.717, 1.165) is 23.4 Å². The summed E-state index contributed by atoms with van der Waals surface area (Å²) >= 11 is 1.82. The van der Waals surface area contributed by atoms with E-state index >= 15 is 0 Å². The Morgan fingerprint density at radius 3 is 2.94 bits per heavy atom. The van der Waals surface area contributed by atoms with Gasteiger partial charge in [0.2, 0.25) is 5.91 Å². The lowest BCUT2D eigenvalue weighted by molar-refractivity contribution is -0.116. The topological polar surface area (TPSA) is 55.1 Å². The molecule has 0 aromatic heterocycles. The number of nitrogens with two attached hydrogens (primary N) is 1. The smallest absolute Gasteiger partial charge is 0.224 e. The summed E-state index contributed by atoms with van der Waals surface area (Å²) in [6.07, 6.45) is 1.46. The van der Waals surface area contributed by atoms with Gasteiger partial charge in [0, 0.05) is 23.9 Å². The number of carbonyl (C=O) groups excluding carboxylic acids is 1. The fourth-order valence-electron chi connectivity index (χ4n) is 1.53. The number of nitrogens with one attached hydrogen (secondary N) is 1. The number of anilines is 1. The average Bonchev–Trinajstić information content (AvgIpc) is 2.34. The number of carbonyl (C=O) groups is 1. The highest BCUT2D eigenvalue weighted by atomic mass is 32.2. The Bertz CT molecular complexity index is 382. The molecule has 0 saturated heterocycles. The lowest BCUT2D eigenvalue weighted by Crippen LogP contribution is -2.14. The first kappa shape index (κ1) is 15.1. The largest absolute Gasteiger partial charge is 0.329 e. The van der Waals surface area contributed by atoms with Crippen molar-refractivity contribution in [2.75, 3.05) is 17.6 Å². The van der Waals surface area contributed by atoms with Gasteiger partial charge in [0.25, 0.3) is 0 Å². The van der Waals surface area contributed by atoms with Gasteiger partial charge in [-0.3, -0.25) is 4.79 Å². The third kappa shape index (κ3) is 6.07. The predicted molar refractivity (Wildman–Crippen MR) is 80.0 cm³/mol. The van der Waals surface area contributed by atoms with Gasteiger partial charge in [-0.05, 0) is 36.8 Å². The van der Waals surface area contributed by atoms with Gasteiger partial charge < -0.3 is 11.1 Å². The van der Waals surface area contributed by atoms with Crippen molar-refractivity contribution < 1.29 is 4.79 Å². The Kier molecular flexibility index (Phi) is 6.83. The molecule has 0 aliphatic rings. The van der Waals surface area contributed by atoms with Crippen LogP contribution in [0.2, 0.25) is 0 Å². The number of amides is 1. The maximum Gasteiger partial charge on any atom is 0.224 e. The number of hydrogen-bond donors (Lipinski definition) is 2. The summed E-state index contributed by atoms with van der Waals surface area (Å²) in [5.74, 6) is 1.07. The maximum absolute atomic E-state index is 11.7. The second-order valence-electron chi connectivity index (χ2n) is 4.44. The first-order valence-corrected chi connectivity index (χ1v) is 7.35. The molecule has 1 amide bonds. The van der Waals surface area contributed by atoms with Gasteiger partial charge in [-0.25, -0.2) is 0 Å². The van der Waals surface area contributed by atoms with Crippen molar-refractivity contribution in [2.24, 2.45) is 5.73 Å². The highest BCUT2D eigenvalue weighted by Gasteiger charge is 2.04. The molecular formula is C14H22N2OS. The first-order chi connectivity index (χ1) is 8.61. The minimum absolute atomic E-state index is 0.0848. The normalized spacial score (nSPS) is 12.2.